The predicted molar refractivity (Wildman–Crippen MR) is 96.5 cm³/mol. The van der Waals surface area contributed by atoms with Gasteiger partial charge in [0.05, 0.1) is 0 Å². The molecule has 0 saturated carbocycles. The van der Waals surface area contributed by atoms with Crippen molar-refractivity contribution in [3.63, 3.8) is 0 Å². The summed E-state index contributed by atoms with van der Waals surface area (Å²) in [6.07, 6.45) is 0. The van der Waals surface area contributed by atoms with E-state index >= 15 is 0 Å². The van der Waals surface area contributed by atoms with E-state index in [4.69, 9.17) is 0 Å². The second kappa shape index (κ2) is 6.63. The van der Waals surface area contributed by atoms with Gasteiger partial charge in [-0.3, -0.25) is 9.59 Å². The maximum absolute atomic E-state index is 13.1. The van der Waals surface area contributed by atoms with Gasteiger partial charge in [-0.15, -0.1) is 0 Å². The summed E-state index contributed by atoms with van der Waals surface area (Å²) in [6, 6.07) is 22.6. The Balaban J connectivity index is 2.26. The minimum absolute atomic E-state index is 0.0331. The summed E-state index contributed by atoms with van der Waals surface area (Å²) in [6.45, 7) is 3.38. The van der Waals surface area contributed by atoms with Crippen LogP contribution in [0.3, 0.4) is 0 Å². The van der Waals surface area contributed by atoms with Crippen molar-refractivity contribution in [2.75, 3.05) is 0 Å². The SMILES string of the molecule is CC(=O)c1ccc(-c2ccccc2)c(C(=O)c2ccccc2)c1C. The van der Waals surface area contributed by atoms with E-state index in [1.54, 1.807) is 12.1 Å². The fraction of sp³-hybridized carbons (Fsp3) is 0.0909. The Kier molecular flexibility index (Phi) is 4.39. The summed E-state index contributed by atoms with van der Waals surface area (Å²) < 4.78 is 0. The van der Waals surface area contributed by atoms with Gasteiger partial charge in [0.1, 0.15) is 0 Å². The van der Waals surface area contributed by atoms with Crippen molar-refractivity contribution in [1.82, 2.24) is 0 Å². The predicted octanol–water partition coefficient (Wildman–Crippen LogP) is 5.10. The number of carbonyl (C=O) groups is 2. The van der Waals surface area contributed by atoms with E-state index in [9.17, 15) is 9.59 Å². The molecule has 0 bridgehead atoms. The highest BCUT2D eigenvalue weighted by molar-refractivity contribution is 6.15. The van der Waals surface area contributed by atoms with Gasteiger partial charge in [-0.1, -0.05) is 72.8 Å². The monoisotopic (exact) mass is 314 g/mol. The molecule has 0 N–H and O–H groups in total. The van der Waals surface area contributed by atoms with Gasteiger partial charge in [0, 0.05) is 16.7 Å². The second-order valence-corrected chi connectivity index (χ2v) is 5.78. The largest absolute Gasteiger partial charge is 0.295 e. The first kappa shape index (κ1) is 15.9. The van der Waals surface area contributed by atoms with Gasteiger partial charge >= 0.3 is 0 Å². The molecule has 0 fully saturated rings. The van der Waals surface area contributed by atoms with Crippen LogP contribution in [0.15, 0.2) is 72.8 Å². The van der Waals surface area contributed by atoms with Gasteiger partial charge in [0.2, 0.25) is 0 Å². The van der Waals surface area contributed by atoms with Crippen LogP contribution in [0.2, 0.25) is 0 Å². The van der Waals surface area contributed by atoms with Crippen LogP contribution >= 0.6 is 0 Å². The highest BCUT2D eigenvalue weighted by Gasteiger charge is 2.20. The summed E-state index contributed by atoms with van der Waals surface area (Å²) in [5, 5.41) is 0. The third-order valence-corrected chi connectivity index (χ3v) is 4.19. The van der Waals surface area contributed by atoms with Crippen LogP contribution in [-0.4, -0.2) is 11.6 Å². The Hall–Kier alpha value is -3.00. The van der Waals surface area contributed by atoms with Gasteiger partial charge in [0.25, 0.3) is 0 Å². The molecule has 0 saturated heterocycles. The average molecular weight is 314 g/mol. The first-order valence-electron chi connectivity index (χ1n) is 7.89. The molecule has 0 aliphatic heterocycles. The van der Waals surface area contributed by atoms with Crippen molar-refractivity contribution in [1.29, 1.82) is 0 Å². The molecule has 0 aliphatic rings. The minimum atomic E-state index is -0.0601. The zero-order chi connectivity index (χ0) is 17.1. The Morgan fingerprint density at radius 2 is 1.33 bits per heavy atom. The summed E-state index contributed by atoms with van der Waals surface area (Å²) in [5.74, 6) is -0.0933. The van der Waals surface area contributed by atoms with Crippen molar-refractivity contribution in [3.8, 4) is 11.1 Å². The van der Waals surface area contributed by atoms with Crippen molar-refractivity contribution < 1.29 is 9.59 Å². The Morgan fingerprint density at radius 1 is 0.750 bits per heavy atom. The molecule has 3 aromatic rings. The highest BCUT2D eigenvalue weighted by atomic mass is 16.1. The molecule has 2 nitrogen and oxygen atoms in total. The van der Waals surface area contributed by atoms with Crippen LogP contribution < -0.4 is 0 Å². The lowest BCUT2D eigenvalue weighted by Gasteiger charge is -2.15. The summed E-state index contributed by atoms with van der Waals surface area (Å²) in [7, 11) is 0. The third-order valence-electron chi connectivity index (χ3n) is 4.19. The lowest BCUT2D eigenvalue weighted by Crippen LogP contribution is -2.10. The summed E-state index contributed by atoms with van der Waals surface area (Å²) in [5.41, 5.74) is 4.37. The lowest BCUT2D eigenvalue weighted by molar-refractivity contribution is 0.101. The zero-order valence-corrected chi connectivity index (χ0v) is 13.7. The Bertz CT molecular complexity index is 894. The molecule has 0 unspecified atom stereocenters. The van der Waals surface area contributed by atoms with E-state index in [0.29, 0.717) is 16.7 Å². The van der Waals surface area contributed by atoms with Crippen LogP contribution in [0.5, 0.6) is 0 Å². The van der Waals surface area contributed by atoms with Crippen molar-refractivity contribution in [2.24, 2.45) is 0 Å². The number of benzene rings is 3. The Labute approximate surface area is 141 Å². The molecule has 24 heavy (non-hydrogen) atoms. The molecule has 0 radical (unpaired) electrons. The number of carbonyl (C=O) groups excluding carboxylic acids is 2. The molecule has 0 aliphatic carbocycles. The van der Waals surface area contributed by atoms with E-state index in [2.05, 4.69) is 0 Å². The molecule has 3 rings (SSSR count). The minimum Gasteiger partial charge on any atom is -0.295 e. The molecule has 2 heteroatoms. The molecule has 0 amide bonds. The van der Waals surface area contributed by atoms with Crippen LogP contribution in [-0.2, 0) is 0 Å². The molecular formula is C22H18O2. The molecule has 0 heterocycles. The van der Waals surface area contributed by atoms with Gasteiger partial charge in [-0.2, -0.15) is 0 Å². The molecule has 3 aromatic carbocycles. The van der Waals surface area contributed by atoms with Crippen molar-refractivity contribution in [2.45, 2.75) is 13.8 Å². The van der Waals surface area contributed by atoms with E-state index in [-0.39, 0.29) is 11.6 Å². The first-order chi connectivity index (χ1) is 11.6. The smallest absolute Gasteiger partial charge is 0.193 e. The van der Waals surface area contributed by atoms with E-state index in [1.165, 1.54) is 6.92 Å². The quantitative estimate of drug-likeness (QED) is 0.628. The summed E-state index contributed by atoms with van der Waals surface area (Å²) in [4.78, 5) is 25.0. The Morgan fingerprint density at radius 3 is 1.92 bits per heavy atom. The maximum Gasteiger partial charge on any atom is 0.193 e. The van der Waals surface area contributed by atoms with E-state index in [0.717, 1.165) is 16.7 Å². The maximum atomic E-state index is 13.1. The standard InChI is InChI=1S/C22H18O2/c1-15-19(16(2)23)13-14-20(17-9-5-3-6-10-17)21(15)22(24)18-11-7-4-8-12-18/h3-14H,1-2H3. The number of hydrogen-bond acceptors (Lipinski definition) is 2. The average Bonchev–Trinajstić information content (AvgIpc) is 2.62. The molecule has 0 spiro atoms. The number of hydrogen-bond donors (Lipinski definition) is 0. The van der Waals surface area contributed by atoms with Crippen LogP contribution in [0.1, 0.15) is 38.8 Å². The topological polar surface area (TPSA) is 34.1 Å². The van der Waals surface area contributed by atoms with Gasteiger partial charge in [-0.25, -0.2) is 0 Å². The van der Waals surface area contributed by atoms with Crippen LogP contribution in [0.25, 0.3) is 11.1 Å². The number of rotatable bonds is 4. The van der Waals surface area contributed by atoms with Crippen LogP contribution in [0, 0.1) is 6.92 Å². The first-order valence-corrected chi connectivity index (χ1v) is 7.89. The zero-order valence-electron chi connectivity index (χ0n) is 13.7. The highest BCUT2D eigenvalue weighted by Crippen LogP contribution is 2.30. The van der Waals surface area contributed by atoms with Crippen LogP contribution in [0.4, 0.5) is 0 Å². The fourth-order valence-electron chi connectivity index (χ4n) is 2.98. The molecular weight excluding hydrogens is 296 g/mol. The second-order valence-electron chi connectivity index (χ2n) is 5.78. The van der Waals surface area contributed by atoms with E-state index < -0.39 is 0 Å². The van der Waals surface area contributed by atoms with Crippen molar-refractivity contribution in [3.05, 3.63) is 95.1 Å². The third kappa shape index (κ3) is 2.91. The lowest BCUT2D eigenvalue weighted by atomic mass is 9.87. The number of Topliss-reactive ketones (excluding diaryl/α,β-unsaturated/α-hetero) is 1. The van der Waals surface area contributed by atoms with Gasteiger partial charge in [0.15, 0.2) is 11.6 Å². The number of ketones is 2. The fourth-order valence-corrected chi connectivity index (χ4v) is 2.98. The van der Waals surface area contributed by atoms with E-state index in [1.807, 2.05) is 67.6 Å². The summed E-state index contributed by atoms with van der Waals surface area (Å²) >= 11 is 0. The molecule has 0 atom stereocenters. The van der Waals surface area contributed by atoms with Gasteiger partial charge < -0.3 is 0 Å². The van der Waals surface area contributed by atoms with Gasteiger partial charge in [-0.05, 0) is 30.5 Å². The normalized spacial score (nSPS) is 10.4. The van der Waals surface area contributed by atoms with Crippen molar-refractivity contribution >= 4 is 11.6 Å². The molecule has 118 valence electrons. The molecule has 0 aromatic heterocycles.